The summed E-state index contributed by atoms with van der Waals surface area (Å²) in [7, 11) is 0. The summed E-state index contributed by atoms with van der Waals surface area (Å²) in [6.07, 6.45) is 0. The summed E-state index contributed by atoms with van der Waals surface area (Å²) >= 11 is 1.07. The minimum absolute atomic E-state index is 0.110. The second kappa shape index (κ2) is 5.53. The maximum absolute atomic E-state index is 11.7. The minimum atomic E-state index is -1.05. The Hall–Kier alpha value is -2.34. The minimum Gasteiger partial charge on any atom is -0.477 e. The van der Waals surface area contributed by atoms with Gasteiger partial charge in [-0.05, 0) is 30.5 Å². The van der Waals surface area contributed by atoms with Crippen molar-refractivity contribution < 1.29 is 14.7 Å². The first kappa shape index (κ1) is 13.1. The lowest BCUT2D eigenvalue weighted by Gasteiger charge is -2.07. The van der Waals surface area contributed by atoms with Gasteiger partial charge in [0, 0.05) is 5.69 Å². The van der Waals surface area contributed by atoms with Gasteiger partial charge in [0.15, 0.2) is 0 Å². The van der Waals surface area contributed by atoms with Gasteiger partial charge in [-0.2, -0.15) is 0 Å². The van der Waals surface area contributed by atoms with Gasteiger partial charge in [-0.1, -0.05) is 17.7 Å². The van der Waals surface area contributed by atoms with Gasteiger partial charge in [0.2, 0.25) is 0 Å². The number of carboxylic acids is 1. The Morgan fingerprint density at radius 3 is 2.42 bits per heavy atom. The summed E-state index contributed by atoms with van der Waals surface area (Å²) < 4.78 is 0. The second-order valence-electron chi connectivity index (χ2n) is 3.91. The number of amides is 2. The highest BCUT2D eigenvalue weighted by Crippen LogP contribution is 2.22. The first-order valence-corrected chi connectivity index (χ1v) is 6.39. The van der Waals surface area contributed by atoms with E-state index in [1.165, 1.54) is 0 Å². The van der Waals surface area contributed by atoms with Crippen molar-refractivity contribution in [3.8, 4) is 0 Å². The van der Waals surface area contributed by atoms with Gasteiger partial charge in [-0.3, -0.25) is 0 Å². The highest BCUT2D eigenvalue weighted by molar-refractivity contribution is 7.12. The molecule has 0 bridgehead atoms. The summed E-state index contributed by atoms with van der Waals surface area (Å²) in [4.78, 5) is 22.7. The fourth-order valence-corrected chi connectivity index (χ4v) is 2.18. The van der Waals surface area contributed by atoms with Crippen LogP contribution < -0.4 is 10.6 Å². The molecule has 0 spiro atoms. The van der Waals surface area contributed by atoms with E-state index in [1.54, 1.807) is 23.6 Å². The fraction of sp³-hybridized carbons (Fsp3) is 0.0769. The van der Waals surface area contributed by atoms with Crippen molar-refractivity contribution in [3.05, 3.63) is 46.2 Å². The van der Waals surface area contributed by atoms with Crippen LogP contribution in [0.2, 0.25) is 0 Å². The molecule has 19 heavy (non-hydrogen) atoms. The Morgan fingerprint density at radius 2 is 1.79 bits per heavy atom. The predicted molar refractivity (Wildman–Crippen MR) is 75.1 cm³/mol. The van der Waals surface area contributed by atoms with Crippen LogP contribution in [-0.4, -0.2) is 17.1 Å². The normalized spacial score (nSPS) is 9.95. The SMILES string of the molecule is Cc1ccc(NC(=O)Nc2ccsc2C(=O)O)cc1. The molecule has 3 N–H and O–H groups in total. The molecule has 0 saturated heterocycles. The Bertz CT molecular complexity index is 605. The smallest absolute Gasteiger partial charge is 0.348 e. The van der Waals surface area contributed by atoms with Gasteiger partial charge in [-0.15, -0.1) is 11.3 Å². The van der Waals surface area contributed by atoms with E-state index < -0.39 is 12.0 Å². The number of hydrogen-bond acceptors (Lipinski definition) is 3. The van der Waals surface area contributed by atoms with E-state index in [-0.39, 0.29) is 4.88 Å². The molecule has 2 aromatic rings. The number of anilines is 2. The summed E-state index contributed by atoms with van der Waals surface area (Å²) in [5, 5.41) is 15.7. The van der Waals surface area contributed by atoms with E-state index in [4.69, 9.17) is 5.11 Å². The van der Waals surface area contributed by atoms with Gasteiger partial charge in [0.05, 0.1) is 5.69 Å². The lowest BCUT2D eigenvalue weighted by molar-refractivity contribution is 0.0703. The zero-order valence-corrected chi connectivity index (χ0v) is 11.0. The maximum Gasteiger partial charge on any atom is 0.348 e. The average molecular weight is 276 g/mol. The van der Waals surface area contributed by atoms with E-state index in [0.29, 0.717) is 11.4 Å². The largest absolute Gasteiger partial charge is 0.477 e. The number of hydrogen-bond donors (Lipinski definition) is 3. The highest BCUT2D eigenvalue weighted by Gasteiger charge is 2.13. The molecule has 0 saturated carbocycles. The number of aromatic carboxylic acids is 1. The van der Waals surface area contributed by atoms with Crippen LogP contribution in [0.4, 0.5) is 16.2 Å². The molecule has 0 unspecified atom stereocenters. The Labute approximate surface area is 113 Å². The molecule has 0 aliphatic rings. The number of thiophene rings is 1. The van der Waals surface area contributed by atoms with Crippen LogP contribution in [0.5, 0.6) is 0 Å². The predicted octanol–water partition coefficient (Wildman–Crippen LogP) is 3.40. The lowest BCUT2D eigenvalue weighted by atomic mass is 10.2. The third kappa shape index (κ3) is 3.32. The molecule has 1 heterocycles. The molecule has 6 heteroatoms. The fourth-order valence-electron chi connectivity index (χ4n) is 1.49. The molecular formula is C13H12N2O3S. The van der Waals surface area contributed by atoms with E-state index in [1.807, 2.05) is 19.1 Å². The molecular weight excluding hydrogens is 264 g/mol. The van der Waals surface area contributed by atoms with Crippen molar-refractivity contribution in [3.63, 3.8) is 0 Å². The number of carboxylic acid groups (broad SMARTS) is 1. The zero-order valence-electron chi connectivity index (χ0n) is 10.1. The molecule has 2 amide bonds. The third-order valence-corrected chi connectivity index (χ3v) is 3.32. The summed E-state index contributed by atoms with van der Waals surface area (Å²) in [5.41, 5.74) is 2.04. The molecule has 2 rings (SSSR count). The number of carbonyl (C=O) groups excluding carboxylic acids is 1. The van der Waals surface area contributed by atoms with Crippen LogP contribution >= 0.6 is 11.3 Å². The monoisotopic (exact) mass is 276 g/mol. The van der Waals surface area contributed by atoms with E-state index in [0.717, 1.165) is 16.9 Å². The van der Waals surface area contributed by atoms with Crippen molar-refractivity contribution in [2.24, 2.45) is 0 Å². The Morgan fingerprint density at radius 1 is 1.11 bits per heavy atom. The quantitative estimate of drug-likeness (QED) is 0.804. The third-order valence-electron chi connectivity index (χ3n) is 2.42. The van der Waals surface area contributed by atoms with Crippen LogP contribution in [0.3, 0.4) is 0 Å². The van der Waals surface area contributed by atoms with E-state index in [9.17, 15) is 9.59 Å². The van der Waals surface area contributed by atoms with Crippen molar-refractivity contribution in [1.29, 1.82) is 0 Å². The van der Waals surface area contributed by atoms with Crippen molar-refractivity contribution in [1.82, 2.24) is 0 Å². The number of carbonyl (C=O) groups is 2. The molecule has 1 aromatic heterocycles. The van der Waals surface area contributed by atoms with Gasteiger partial charge >= 0.3 is 12.0 Å². The first-order chi connectivity index (χ1) is 9.06. The summed E-state index contributed by atoms with van der Waals surface area (Å²) in [5.74, 6) is -1.05. The van der Waals surface area contributed by atoms with Crippen LogP contribution in [0.15, 0.2) is 35.7 Å². The highest BCUT2D eigenvalue weighted by atomic mass is 32.1. The van der Waals surface area contributed by atoms with Gasteiger partial charge < -0.3 is 15.7 Å². The van der Waals surface area contributed by atoms with Crippen LogP contribution in [0, 0.1) is 6.92 Å². The van der Waals surface area contributed by atoms with Gasteiger partial charge in [0.25, 0.3) is 0 Å². The molecule has 0 fully saturated rings. The van der Waals surface area contributed by atoms with E-state index >= 15 is 0 Å². The van der Waals surface area contributed by atoms with Crippen molar-refractivity contribution in [2.45, 2.75) is 6.92 Å². The standard InChI is InChI=1S/C13H12N2O3S/c1-8-2-4-9(5-3-8)14-13(18)15-10-6-7-19-11(10)12(16)17/h2-7H,1H3,(H,16,17)(H2,14,15,18). The molecule has 5 nitrogen and oxygen atoms in total. The first-order valence-electron chi connectivity index (χ1n) is 5.52. The second-order valence-corrected chi connectivity index (χ2v) is 4.83. The number of nitrogens with one attached hydrogen (secondary N) is 2. The van der Waals surface area contributed by atoms with Crippen LogP contribution in [0.25, 0.3) is 0 Å². The van der Waals surface area contributed by atoms with E-state index in [2.05, 4.69) is 10.6 Å². The van der Waals surface area contributed by atoms with Crippen LogP contribution in [-0.2, 0) is 0 Å². The Kier molecular flexibility index (Phi) is 3.82. The topological polar surface area (TPSA) is 78.4 Å². The summed E-state index contributed by atoms with van der Waals surface area (Å²) in [6, 6.07) is 8.40. The summed E-state index contributed by atoms with van der Waals surface area (Å²) in [6.45, 7) is 1.95. The molecule has 98 valence electrons. The number of urea groups is 1. The zero-order chi connectivity index (χ0) is 13.8. The molecule has 0 atom stereocenters. The van der Waals surface area contributed by atoms with Crippen LogP contribution in [0.1, 0.15) is 15.2 Å². The maximum atomic E-state index is 11.7. The molecule has 0 radical (unpaired) electrons. The average Bonchev–Trinajstić information content (AvgIpc) is 2.80. The number of rotatable bonds is 3. The van der Waals surface area contributed by atoms with Gasteiger partial charge in [0.1, 0.15) is 4.88 Å². The van der Waals surface area contributed by atoms with Gasteiger partial charge in [-0.25, -0.2) is 9.59 Å². The molecule has 1 aromatic carbocycles. The van der Waals surface area contributed by atoms with Crippen molar-refractivity contribution >= 4 is 34.7 Å². The number of benzene rings is 1. The molecule has 0 aliphatic carbocycles. The molecule has 0 aliphatic heterocycles. The lowest BCUT2D eigenvalue weighted by Crippen LogP contribution is -2.20. The van der Waals surface area contributed by atoms with Crippen molar-refractivity contribution in [2.75, 3.05) is 10.6 Å². The Balaban J connectivity index is 2.03. The number of aryl methyl sites for hydroxylation is 1.